The first-order valence-corrected chi connectivity index (χ1v) is 8.42. The highest BCUT2D eigenvalue weighted by molar-refractivity contribution is 9.10. The van der Waals surface area contributed by atoms with Gasteiger partial charge in [-0.3, -0.25) is 4.99 Å². The van der Waals surface area contributed by atoms with Crippen molar-refractivity contribution >= 4 is 27.2 Å². The van der Waals surface area contributed by atoms with Crippen LogP contribution < -0.4 is 4.57 Å². The SMILES string of the molecule is Brc1c[nH]c2[n+]1CC(c1ccccc1)=CC2=NCc1cncnc1. The summed E-state index contributed by atoms with van der Waals surface area (Å²) in [5.74, 6) is 0.999. The van der Waals surface area contributed by atoms with Gasteiger partial charge < -0.3 is 0 Å². The summed E-state index contributed by atoms with van der Waals surface area (Å²) >= 11 is 3.61. The van der Waals surface area contributed by atoms with Crippen molar-refractivity contribution in [2.45, 2.75) is 13.1 Å². The molecular formula is C18H15BrN5+. The Labute approximate surface area is 148 Å². The molecule has 0 amide bonds. The Morgan fingerprint density at radius 2 is 1.96 bits per heavy atom. The van der Waals surface area contributed by atoms with E-state index >= 15 is 0 Å². The number of rotatable bonds is 3. The van der Waals surface area contributed by atoms with Gasteiger partial charge in [0.25, 0.3) is 0 Å². The molecule has 1 aliphatic heterocycles. The van der Waals surface area contributed by atoms with Gasteiger partial charge in [-0.1, -0.05) is 30.3 Å². The minimum Gasteiger partial charge on any atom is -0.272 e. The highest BCUT2D eigenvalue weighted by Gasteiger charge is 2.26. The number of halogens is 1. The van der Waals surface area contributed by atoms with Crippen molar-refractivity contribution < 1.29 is 4.57 Å². The van der Waals surface area contributed by atoms with Crippen molar-refractivity contribution in [1.29, 1.82) is 0 Å². The molecule has 0 spiro atoms. The Morgan fingerprint density at radius 1 is 1.17 bits per heavy atom. The summed E-state index contributed by atoms with van der Waals surface area (Å²) in [7, 11) is 0. The zero-order valence-corrected chi connectivity index (χ0v) is 14.4. The van der Waals surface area contributed by atoms with Gasteiger partial charge in [-0.15, -0.1) is 0 Å². The minimum atomic E-state index is 0.547. The van der Waals surface area contributed by atoms with Crippen LogP contribution in [0.2, 0.25) is 0 Å². The van der Waals surface area contributed by atoms with Gasteiger partial charge >= 0.3 is 5.82 Å². The molecule has 2 aromatic heterocycles. The van der Waals surface area contributed by atoms with Crippen molar-refractivity contribution in [3.8, 4) is 0 Å². The van der Waals surface area contributed by atoms with Crippen molar-refractivity contribution in [2.24, 2.45) is 4.99 Å². The standard InChI is InChI=1S/C18H14BrN5/c19-17-10-23-18-16(22-9-13-7-20-12-21-8-13)6-15(11-24(17)18)14-4-2-1-3-5-14/h1-8,10,12H,9,11H2/p+1. The number of hydrogen-bond acceptors (Lipinski definition) is 3. The first kappa shape index (κ1) is 15.0. The van der Waals surface area contributed by atoms with E-state index in [0.29, 0.717) is 6.54 Å². The summed E-state index contributed by atoms with van der Waals surface area (Å²) in [5.41, 5.74) is 4.35. The van der Waals surface area contributed by atoms with Crippen LogP contribution in [-0.4, -0.2) is 20.7 Å². The van der Waals surface area contributed by atoms with E-state index in [9.17, 15) is 0 Å². The predicted molar refractivity (Wildman–Crippen MR) is 95.4 cm³/mol. The smallest absolute Gasteiger partial charge is 0.272 e. The number of allylic oxidation sites excluding steroid dienone is 2. The lowest BCUT2D eigenvalue weighted by Crippen LogP contribution is -2.43. The van der Waals surface area contributed by atoms with Gasteiger partial charge in [-0.2, -0.15) is 0 Å². The summed E-state index contributed by atoms with van der Waals surface area (Å²) in [6.07, 6.45) is 9.21. The van der Waals surface area contributed by atoms with E-state index in [1.807, 2.05) is 12.3 Å². The normalized spacial score (nSPS) is 15.2. The van der Waals surface area contributed by atoms with Gasteiger partial charge in [0.1, 0.15) is 24.8 Å². The highest BCUT2D eigenvalue weighted by Crippen LogP contribution is 2.21. The van der Waals surface area contributed by atoms with Crippen LogP contribution in [0, 0.1) is 0 Å². The van der Waals surface area contributed by atoms with Gasteiger partial charge in [-0.25, -0.2) is 19.5 Å². The molecule has 1 aromatic carbocycles. The first-order valence-electron chi connectivity index (χ1n) is 7.62. The molecule has 1 N–H and O–H groups in total. The van der Waals surface area contributed by atoms with E-state index < -0.39 is 0 Å². The van der Waals surface area contributed by atoms with Crippen LogP contribution >= 0.6 is 15.9 Å². The number of benzene rings is 1. The molecule has 0 radical (unpaired) electrons. The molecule has 3 heterocycles. The molecule has 3 aromatic rings. The Morgan fingerprint density at radius 3 is 2.75 bits per heavy atom. The summed E-state index contributed by atoms with van der Waals surface area (Å²) in [6.45, 7) is 1.35. The molecule has 0 saturated heterocycles. The van der Waals surface area contributed by atoms with Crippen molar-refractivity contribution in [2.75, 3.05) is 0 Å². The van der Waals surface area contributed by atoms with Crippen LogP contribution in [0.5, 0.6) is 0 Å². The molecule has 0 fully saturated rings. The Balaban J connectivity index is 1.74. The van der Waals surface area contributed by atoms with E-state index in [4.69, 9.17) is 4.99 Å². The summed E-state index contributed by atoms with van der Waals surface area (Å²) < 4.78 is 3.19. The lowest BCUT2D eigenvalue weighted by Gasteiger charge is -2.13. The number of hydrogen-bond donors (Lipinski definition) is 1. The average molecular weight is 381 g/mol. The average Bonchev–Trinajstić information content (AvgIpc) is 3.02. The predicted octanol–water partition coefficient (Wildman–Crippen LogP) is 2.94. The number of H-pyrrole nitrogens is 1. The lowest BCUT2D eigenvalue weighted by molar-refractivity contribution is -0.695. The number of nitrogens with zero attached hydrogens (tertiary/aromatic N) is 4. The number of aromatic amines is 1. The monoisotopic (exact) mass is 380 g/mol. The van der Waals surface area contributed by atoms with Crippen LogP contribution in [-0.2, 0) is 13.1 Å². The van der Waals surface area contributed by atoms with Gasteiger partial charge in [0.2, 0.25) is 4.60 Å². The Kier molecular flexibility index (Phi) is 4.04. The molecule has 0 bridgehead atoms. The Hall–Kier alpha value is -2.60. The minimum absolute atomic E-state index is 0.547. The highest BCUT2D eigenvalue weighted by atomic mass is 79.9. The molecule has 0 saturated carbocycles. The second-order valence-corrected chi connectivity index (χ2v) is 6.34. The third kappa shape index (κ3) is 2.92. The van der Waals surface area contributed by atoms with E-state index in [1.165, 1.54) is 17.5 Å². The van der Waals surface area contributed by atoms with Crippen molar-refractivity contribution in [3.05, 3.63) is 82.9 Å². The van der Waals surface area contributed by atoms with E-state index in [0.717, 1.165) is 28.2 Å². The molecule has 6 heteroatoms. The van der Waals surface area contributed by atoms with Gasteiger partial charge in [0, 0.05) is 39.5 Å². The maximum atomic E-state index is 4.77. The Bertz CT molecular complexity index is 913. The third-order valence-corrected chi connectivity index (χ3v) is 4.59. The number of nitrogens with one attached hydrogen (secondary N) is 1. The maximum absolute atomic E-state index is 4.77. The number of imidazole rings is 1. The van der Waals surface area contributed by atoms with E-state index in [2.05, 4.69) is 65.8 Å². The summed E-state index contributed by atoms with van der Waals surface area (Å²) in [5, 5.41) is 0. The summed E-state index contributed by atoms with van der Waals surface area (Å²) in [4.78, 5) is 16.2. The van der Waals surface area contributed by atoms with Gasteiger partial charge in [-0.05, 0) is 11.6 Å². The molecule has 24 heavy (non-hydrogen) atoms. The fourth-order valence-corrected chi connectivity index (χ4v) is 3.16. The van der Waals surface area contributed by atoms with Crippen LogP contribution in [0.4, 0.5) is 0 Å². The molecule has 0 atom stereocenters. The fourth-order valence-electron chi connectivity index (χ4n) is 2.74. The van der Waals surface area contributed by atoms with Crippen LogP contribution in [0.25, 0.3) is 5.57 Å². The number of aliphatic imine (C=N–C) groups is 1. The second kappa shape index (κ2) is 6.49. The quantitative estimate of drug-likeness (QED) is 0.710. The third-order valence-electron chi connectivity index (χ3n) is 3.93. The van der Waals surface area contributed by atoms with Crippen molar-refractivity contribution in [3.63, 3.8) is 0 Å². The van der Waals surface area contributed by atoms with Gasteiger partial charge in [0.05, 0.1) is 6.54 Å². The molecule has 0 aliphatic carbocycles. The molecule has 5 nitrogen and oxygen atoms in total. The fraction of sp³-hybridized carbons (Fsp3) is 0.111. The maximum Gasteiger partial charge on any atom is 0.306 e. The molecule has 0 unspecified atom stereocenters. The number of aromatic nitrogens is 4. The molecular weight excluding hydrogens is 366 g/mol. The number of fused-ring (bicyclic) bond motifs is 1. The van der Waals surface area contributed by atoms with Crippen LogP contribution in [0.1, 0.15) is 17.0 Å². The van der Waals surface area contributed by atoms with E-state index in [-0.39, 0.29) is 0 Å². The van der Waals surface area contributed by atoms with Gasteiger partial charge in [0.15, 0.2) is 0 Å². The first-order chi connectivity index (χ1) is 11.8. The topological polar surface area (TPSA) is 57.8 Å². The molecule has 1 aliphatic rings. The van der Waals surface area contributed by atoms with E-state index in [1.54, 1.807) is 12.4 Å². The van der Waals surface area contributed by atoms with Crippen molar-refractivity contribution in [1.82, 2.24) is 15.0 Å². The zero-order valence-electron chi connectivity index (χ0n) is 12.9. The largest absolute Gasteiger partial charge is 0.306 e. The van der Waals surface area contributed by atoms with Crippen LogP contribution in [0.15, 0.2) is 70.9 Å². The zero-order chi connectivity index (χ0) is 16.4. The second-order valence-electron chi connectivity index (χ2n) is 5.53. The van der Waals surface area contributed by atoms with Crippen LogP contribution in [0.3, 0.4) is 0 Å². The summed E-state index contributed by atoms with van der Waals surface area (Å²) in [6, 6.07) is 10.4. The lowest BCUT2D eigenvalue weighted by atomic mass is 10.0. The molecule has 118 valence electrons. The molecule has 4 rings (SSSR count).